The molecule has 0 saturated heterocycles. The first-order chi connectivity index (χ1) is 13.9. The number of carbonyl (C=O) groups is 2. The molecule has 156 valence electrons. The molecule has 2 aliphatic rings. The van der Waals surface area contributed by atoms with Crippen molar-refractivity contribution in [3.63, 3.8) is 0 Å². The largest absolute Gasteiger partial charge is 0.303 e. The lowest BCUT2D eigenvalue weighted by atomic mass is 9.47. The monoisotopic (exact) mass is 392 g/mol. The predicted molar refractivity (Wildman–Crippen MR) is 120 cm³/mol. The number of rotatable bonds is 7. The Balaban J connectivity index is 2.25. The maximum atomic E-state index is 13.2. The van der Waals surface area contributed by atoms with Gasteiger partial charge in [-0.3, -0.25) is 4.79 Å². The highest BCUT2D eigenvalue weighted by molar-refractivity contribution is 5.88. The highest BCUT2D eigenvalue weighted by atomic mass is 16.1. The lowest BCUT2D eigenvalue weighted by Gasteiger charge is -2.55. The zero-order chi connectivity index (χ0) is 21.2. The van der Waals surface area contributed by atoms with Crippen molar-refractivity contribution in [3.8, 4) is 0 Å². The molecule has 0 aliphatic heterocycles. The minimum Gasteiger partial charge on any atom is -0.303 e. The van der Waals surface area contributed by atoms with E-state index >= 15 is 0 Å². The smallest absolute Gasteiger partial charge is 0.139 e. The standard InChI is InChI=1S/C27H36O2/c1-6-21-17-26(8-3,16-15-20-13-11-10-12-14-20)27(9-4,18-28)24-22(7-2)25(29)19(5)23(21)24/h10-19,22-24H,6-9H2,1-5H3/b16-15+/t19-,22-,23+,24-,26-,27+/m0/s1. The summed E-state index contributed by atoms with van der Waals surface area (Å²) < 4.78 is 0. The second-order valence-corrected chi connectivity index (χ2v) is 8.98. The second kappa shape index (κ2) is 8.42. The molecule has 3 rings (SSSR count). The Morgan fingerprint density at radius 1 is 1.03 bits per heavy atom. The fraction of sp³-hybridized carbons (Fsp3) is 0.556. The van der Waals surface area contributed by atoms with Gasteiger partial charge in [0.1, 0.15) is 12.1 Å². The number of hydrogen-bond acceptors (Lipinski definition) is 2. The summed E-state index contributed by atoms with van der Waals surface area (Å²) in [6.07, 6.45) is 11.4. The molecule has 2 aliphatic carbocycles. The fourth-order valence-electron chi connectivity index (χ4n) is 6.55. The first kappa shape index (κ1) is 21.7. The summed E-state index contributed by atoms with van der Waals surface area (Å²) in [5, 5.41) is 0. The van der Waals surface area contributed by atoms with E-state index in [1.54, 1.807) is 0 Å². The van der Waals surface area contributed by atoms with E-state index in [1.165, 1.54) is 11.9 Å². The topological polar surface area (TPSA) is 34.1 Å². The number of Topliss-reactive ketones (excluding diaryl/α,β-unsaturated/α-hetero) is 1. The lowest BCUT2D eigenvalue weighted by Crippen LogP contribution is -2.53. The number of hydrogen-bond donors (Lipinski definition) is 0. The molecule has 0 bridgehead atoms. The number of ketones is 1. The van der Waals surface area contributed by atoms with Gasteiger partial charge in [0, 0.05) is 22.7 Å². The van der Waals surface area contributed by atoms with E-state index in [-0.39, 0.29) is 29.1 Å². The quantitative estimate of drug-likeness (QED) is 0.391. The number of benzene rings is 1. The van der Waals surface area contributed by atoms with Crippen LogP contribution >= 0.6 is 0 Å². The molecular formula is C27H36O2. The van der Waals surface area contributed by atoms with Gasteiger partial charge in [-0.05, 0) is 43.1 Å². The molecule has 0 amide bonds. The van der Waals surface area contributed by atoms with Gasteiger partial charge in [-0.15, -0.1) is 0 Å². The van der Waals surface area contributed by atoms with E-state index in [9.17, 15) is 9.59 Å². The van der Waals surface area contributed by atoms with Crippen LogP contribution in [-0.4, -0.2) is 12.1 Å². The van der Waals surface area contributed by atoms with Gasteiger partial charge in [-0.2, -0.15) is 0 Å². The average Bonchev–Trinajstić information content (AvgIpc) is 3.03. The third-order valence-corrected chi connectivity index (χ3v) is 8.11. The first-order valence-electron chi connectivity index (χ1n) is 11.4. The van der Waals surface area contributed by atoms with Gasteiger partial charge in [0.2, 0.25) is 0 Å². The normalized spacial score (nSPS) is 36.9. The molecule has 2 heteroatoms. The molecule has 1 fully saturated rings. The van der Waals surface area contributed by atoms with Gasteiger partial charge < -0.3 is 4.79 Å². The van der Waals surface area contributed by atoms with Gasteiger partial charge in [0.15, 0.2) is 0 Å². The van der Waals surface area contributed by atoms with Crippen LogP contribution < -0.4 is 0 Å². The third-order valence-electron chi connectivity index (χ3n) is 8.11. The van der Waals surface area contributed by atoms with Crippen molar-refractivity contribution >= 4 is 18.1 Å². The summed E-state index contributed by atoms with van der Waals surface area (Å²) in [6, 6.07) is 10.3. The Labute approximate surface area is 176 Å². The van der Waals surface area contributed by atoms with Crippen LogP contribution in [0, 0.1) is 34.5 Å². The molecule has 0 N–H and O–H groups in total. The number of allylic oxidation sites excluding steroid dienone is 3. The van der Waals surface area contributed by atoms with Gasteiger partial charge in [0.05, 0.1) is 0 Å². The summed E-state index contributed by atoms with van der Waals surface area (Å²) in [5.41, 5.74) is 1.62. The predicted octanol–water partition coefficient (Wildman–Crippen LogP) is 6.52. The molecule has 0 aromatic heterocycles. The van der Waals surface area contributed by atoms with Gasteiger partial charge in [-0.1, -0.05) is 88.8 Å². The van der Waals surface area contributed by atoms with Crippen molar-refractivity contribution in [1.82, 2.24) is 0 Å². The van der Waals surface area contributed by atoms with Crippen LogP contribution in [0.1, 0.15) is 65.9 Å². The van der Waals surface area contributed by atoms with Crippen LogP contribution in [0.15, 0.2) is 48.1 Å². The van der Waals surface area contributed by atoms with E-state index in [0.717, 1.165) is 31.2 Å². The van der Waals surface area contributed by atoms with E-state index in [2.05, 4.69) is 65.0 Å². The Morgan fingerprint density at radius 3 is 2.24 bits per heavy atom. The summed E-state index contributed by atoms with van der Waals surface area (Å²) >= 11 is 0. The molecule has 1 aromatic carbocycles. The van der Waals surface area contributed by atoms with E-state index < -0.39 is 5.41 Å². The SMILES string of the molecule is CCC1=C[C@@](/C=C/c2ccccc2)(CC)[C@@](C=O)(CC)[C@@H]2[C@@H]1[C@H](C)C(=O)[C@H]2CC. The van der Waals surface area contributed by atoms with Crippen LogP contribution in [0.2, 0.25) is 0 Å². The lowest BCUT2D eigenvalue weighted by molar-refractivity contribution is -0.131. The second-order valence-electron chi connectivity index (χ2n) is 8.98. The molecular weight excluding hydrogens is 356 g/mol. The molecule has 2 nitrogen and oxygen atoms in total. The molecule has 1 saturated carbocycles. The highest BCUT2D eigenvalue weighted by Crippen LogP contribution is 2.65. The highest BCUT2D eigenvalue weighted by Gasteiger charge is 2.64. The third kappa shape index (κ3) is 3.16. The zero-order valence-electron chi connectivity index (χ0n) is 18.7. The maximum absolute atomic E-state index is 13.2. The van der Waals surface area contributed by atoms with Crippen LogP contribution in [0.5, 0.6) is 0 Å². The Bertz CT molecular complexity index is 805. The Morgan fingerprint density at radius 2 is 1.72 bits per heavy atom. The summed E-state index contributed by atoms with van der Waals surface area (Å²) in [6.45, 7) is 10.7. The summed E-state index contributed by atoms with van der Waals surface area (Å²) in [4.78, 5) is 26.1. The molecule has 0 unspecified atom stereocenters. The van der Waals surface area contributed by atoms with Crippen molar-refractivity contribution in [2.24, 2.45) is 34.5 Å². The van der Waals surface area contributed by atoms with Gasteiger partial charge >= 0.3 is 0 Å². The molecule has 0 spiro atoms. The van der Waals surface area contributed by atoms with Crippen molar-refractivity contribution in [1.29, 1.82) is 0 Å². The number of fused-ring (bicyclic) bond motifs is 1. The minimum absolute atomic E-state index is 0.00924. The van der Waals surface area contributed by atoms with Crippen molar-refractivity contribution in [2.75, 3.05) is 0 Å². The molecule has 0 heterocycles. The van der Waals surface area contributed by atoms with E-state index in [0.29, 0.717) is 5.78 Å². The molecule has 29 heavy (non-hydrogen) atoms. The van der Waals surface area contributed by atoms with Crippen LogP contribution in [0.25, 0.3) is 6.08 Å². The van der Waals surface area contributed by atoms with Crippen LogP contribution in [-0.2, 0) is 9.59 Å². The van der Waals surface area contributed by atoms with Crippen molar-refractivity contribution < 1.29 is 9.59 Å². The van der Waals surface area contributed by atoms with E-state index in [4.69, 9.17) is 0 Å². The summed E-state index contributed by atoms with van der Waals surface area (Å²) in [7, 11) is 0. The van der Waals surface area contributed by atoms with Gasteiger partial charge in [0.25, 0.3) is 0 Å². The van der Waals surface area contributed by atoms with Gasteiger partial charge in [-0.25, -0.2) is 0 Å². The maximum Gasteiger partial charge on any atom is 0.139 e. The average molecular weight is 393 g/mol. The Hall–Kier alpha value is -1.96. The fourth-order valence-corrected chi connectivity index (χ4v) is 6.55. The van der Waals surface area contributed by atoms with Crippen LogP contribution in [0.3, 0.4) is 0 Å². The molecule has 0 radical (unpaired) electrons. The minimum atomic E-state index is -0.544. The van der Waals surface area contributed by atoms with Crippen LogP contribution in [0.4, 0.5) is 0 Å². The zero-order valence-corrected chi connectivity index (χ0v) is 18.7. The van der Waals surface area contributed by atoms with E-state index in [1.807, 2.05) is 18.2 Å². The molecule has 6 atom stereocenters. The molecule has 1 aromatic rings. The Kier molecular flexibility index (Phi) is 6.31. The van der Waals surface area contributed by atoms with Crippen molar-refractivity contribution in [2.45, 2.75) is 60.3 Å². The summed E-state index contributed by atoms with van der Waals surface area (Å²) in [5.74, 6) is 0.645. The number of aldehydes is 1. The first-order valence-corrected chi connectivity index (χ1v) is 11.4. The van der Waals surface area contributed by atoms with Crippen molar-refractivity contribution in [3.05, 3.63) is 53.6 Å². The number of carbonyl (C=O) groups excluding carboxylic acids is 2.